The minimum Gasteiger partial charge on any atom is -0.488 e. The Hall–Kier alpha value is -1.06. The van der Waals surface area contributed by atoms with E-state index in [0.29, 0.717) is 6.10 Å². The van der Waals surface area contributed by atoms with Crippen molar-refractivity contribution < 1.29 is 4.74 Å². The fourth-order valence-corrected chi connectivity index (χ4v) is 3.83. The first kappa shape index (κ1) is 13.6. The monoisotopic (exact) mass is 286 g/mol. The van der Waals surface area contributed by atoms with Crippen LogP contribution in [0.5, 0.6) is 5.75 Å². The quantitative estimate of drug-likeness (QED) is 0.900. The van der Waals surface area contributed by atoms with E-state index in [4.69, 9.17) is 4.74 Å². The van der Waals surface area contributed by atoms with Gasteiger partial charge in [-0.15, -0.1) is 0 Å². The van der Waals surface area contributed by atoms with Gasteiger partial charge in [0.1, 0.15) is 11.9 Å². The standard InChI is InChI=1S/C18H26N2O/c1-2-4-18-15(3-1)11-17(21-18)13-20(16-5-6-16)12-14-7-9-19-10-8-14/h1-4,14,16-17,19H,5-13H2. The number of fused-ring (bicyclic) bond motifs is 1. The molecular formula is C18H26N2O. The average Bonchev–Trinajstić information content (AvgIpc) is 3.28. The van der Waals surface area contributed by atoms with E-state index in [2.05, 4.69) is 34.5 Å². The van der Waals surface area contributed by atoms with E-state index in [-0.39, 0.29) is 0 Å². The number of piperidine rings is 1. The lowest BCUT2D eigenvalue weighted by molar-refractivity contribution is 0.123. The van der Waals surface area contributed by atoms with Gasteiger partial charge < -0.3 is 10.1 Å². The van der Waals surface area contributed by atoms with Crippen LogP contribution in [0.2, 0.25) is 0 Å². The Labute approximate surface area is 127 Å². The Balaban J connectivity index is 1.35. The van der Waals surface area contributed by atoms with Crippen LogP contribution in [0.15, 0.2) is 24.3 Å². The molecule has 0 bridgehead atoms. The van der Waals surface area contributed by atoms with Crippen molar-refractivity contribution in [3.63, 3.8) is 0 Å². The van der Waals surface area contributed by atoms with Crippen LogP contribution in [0.3, 0.4) is 0 Å². The average molecular weight is 286 g/mol. The van der Waals surface area contributed by atoms with Crippen LogP contribution in [0.4, 0.5) is 0 Å². The predicted molar refractivity (Wildman–Crippen MR) is 84.8 cm³/mol. The van der Waals surface area contributed by atoms with E-state index in [1.54, 1.807) is 0 Å². The number of nitrogens with zero attached hydrogens (tertiary/aromatic N) is 1. The van der Waals surface area contributed by atoms with E-state index in [0.717, 1.165) is 30.7 Å². The van der Waals surface area contributed by atoms with Gasteiger partial charge in [-0.1, -0.05) is 18.2 Å². The SMILES string of the molecule is c1ccc2c(c1)CC(CN(CC1CCNCC1)C1CC1)O2. The van der Waals surface area contributed by atoms with Crippen molar-refractivity contribution in [1.82, 2.24) is 10.2 Å². The highest BCUT2D eigenvalue weighted by Gasteiger charge is 2.34. The van der Waals surface area contributed by atoms with Crippen LogP contribution in [0.1, 0.15) is 31.2 Å². The molecule has 3 nitrogen and oxygen atoms in total. The molecule has 4 rings (SSSR count). The Kier molecular flexibility index (Phi) is 3.87. The highest BCUT2D eigenvalue weighted by molar-refractivity contribution is 5.37. The highest BCUT2D eigenvalue weighted by Crippen LogP contribution is 2.33. The highest BCUT2D eigenvalue weighted by atomic mass is 16.5. The predicted octanol–water partition coefficient (Wildman–Crippen LogP) is 2.45. The van der Waals surface area contributed by atoms with E-state index in [1.807, 2.05) is 0 Å². The van der Waals surface area contributed by atoms with Gasteiger partial charge in [-0.3, -0.25) is 4.90 Å². The van der Waals surface area contributed by atoms with Crippen molar-refractivity contribution in [1.29, 1.82) is 0 Å². The maximum Gasteiger partial charge on any atom is 0.123 e. The summed E-state index contributed by atoms with van der Waals surface area (Å²) in [7, 11) is 0. The molecule has 1 aliphatic carbocycles. The van der Waals surface area contributed by atoms with E-state index in [1.165, 1.54) is 50.9 Å². The minimum atomic E-state index is 0.365. The molecule has 2 aliphatic heterocycles. The van der Waals surface area contributed by atoms with Gasteiger partial charge in [0.2, 0.25) is 0 Å². The lowest BCUT2D eigenvalue weighted by atomic mass is 9.97. The van der Waals surface area contributed by atoms with E-state index < -0.39 is 0 Å². The molecule has 21 heavy (non-hydrogen) atoms. The summed E-state index contributed by atoms with van der Waals surface area (Å²) in [4.78, 5) is 2.73. The van der Waals surface area contributed by atoms with Crippen molar-refractivity contribution in [2.45, 2.75) is 44.2 Å². The first-order valence-corrected chi connectivity index (χ1v) is 8.58. The first-order valence-electron chi connectivity index (χ1n) is 8.58. The lowest BCUT2D eigenvalue weighted by Gasteiger charge is -2.31. The van der Waals surface area contributed by atoms with Gasteiger partial charge in [0.15, 0.2) is 0 Å². The number of rotatable bonds is 5. The zero-order chi connectivity index (χ0) is 14.1. The minimum absolute atomic E-state index is 0.365. The summed E-state index contributed by atoms with van der Waals surface area (Å²) in [6, 6.07) is 9.37. The number of benzene rings is 1. The van der Waals surface area contributed by atoms with Gasteiger partial charge in [0, 0.05) is 25.6 Å². The summed E-state index contributed by atoms with van der Waals surface area (Å²) in [5, 5.41) is 3.47. The normalized spacial score (nSPS) is 25.9. The van der Waals surface area contributed by atoms with Crippen LogP contribution in [-0.2, 0) is 6.42 Å². The van der Waals surface area contributed by atoms with Gasteiger partial charge in [0.25, 0.3) is 0 Å². The fourth-order valence-electron chi connectivity index (χ4n) is 3.83. The van der Waals surface area contributed by atoms with Gasteiger partial charge in [-0.05, 0) is 56.3 Å². The summed E-state index contributed by atoms with van der Waals surface area (Å²) in [5.41, 5.74) is 1.39. The number of ether oxygens (including phenoxy) is 1. The first-order chi connectivity index (χ1) is 10.4. The molecule has 2 heterocycles. The molecule has 3 aliphatic rings. The Morgan fingerprint density at radius 3 is 2.62 bits per heavy atom. The second-order valence-corrected chi connectivity index (χ2v) is 6.93. The smallest absolute Gasteiger partial charge is 0.123 e. The molecule has 0 aromatic heterocycles. The third kappa shape index (κ3) is 3.24. The van der Waals surface area contributed by atoms with Gasteiger partial charge in [-0.2, -0.15) is 0 Å². The van der Waals surface area contributed by atoms with Gasteiger partial charge in [0.05, 0.1) is 0 Å². The third-order valence-corrected chi connectivity index (χ3v) is 5.17. The second-order valence-electron chi connectivity index (χ2n) is 6.93. The molecule has 1 aromatic carbocycles. The largest absolute Gasteiger partial charge is 0.488 e. The van der Waals surface area contributed by atoms with Crippen molar-refractivity contribution in [2.75, 3.05) is 26.2 Å². The summed E-state index contributed by atoms with van der Waals surface area (Å²) in [6.07, 6.45) is 6.93. The number of hydrogen-bond acceptors (Lipinski definition) is 3. The number of nitrogens with one attached hydrogen (secondary N) is 1. The van der Waals surface area contributed by atoms with Gasteiger partial charge in [-0.25, -0.2) is 0 Å². The van der Waals surface area contributed by atoms with Gasteiger partial charge >= 0.3 is 0 Å². The summed E-state index contributed by atoms with van der Waals surface area (Å²) >= 11 is 0. The van der Waals surface area contributed by atoms with E-state index >= 15 is 0 Å². The molecular weight excluding hydrogens is 260 g/mol. The summed E-state index contributed by atoms with van der Waals surface area (Å²) < 4.78 is 6.15. The zero-order valence-electron chi connectivity index (χ0n) is 12.8. The van der Waals surface area contributed by atoms with Crippen LogP contribution in [0.25, 0.3) is 0 Å². The molecule has 114 valence electrons. The number of para-hydroxylation sites is 1. The lowest BCUT2D eigenvalue weighted by Crippen LogP contribution is -2.41. The Morgan fingerprint density at radius 1 is 1.05 bits per heavy atom. The van der Waals surface area contributed by atoms with Crippen LogP contribution in [0, 0.1) is 5.92 Å². The van der Waals surface area contributed by atoms with Crippen LogP contribution < -0.4 is 10.1 Å². The molecule has 3 heteroatoms. The van der Waals surface area contributed by atoms with Crippen molar-refractivity contribution >= 4 is 0 Å². The molecule has 2 fully saturated rings. The Morgan fingerprint density at radius 2 is 1.86 bits per heavy atom. The summed E-state index contributed by atoms with van der Waals surface area (Å²) in [6.45, 7) is 4.80. The molecule has 1 saturated carbocycles. The molecule has 0 radical (unpaired) electrons. The van der Waals surface area contributed by atoms with Crippen LogP contribution in [-0.4, -0.2) is 43.2 Å². The maximum atomic E-state index is 6.15. The van der Waals surface area contributed by atoms with Crippen molar-refractivity contribution in [3.05, 3.63) is 29.8 Å². The van der Waals surface area contributed by atoms with Crippen molar-refractivity contribution in [3.8, 4) is 5.75 Å². The summed E-state index contributed by atoms with van der Waals surface area (Å²) in [5.74, 6) is 2.00. The molecule has 0 amide bonds. The molecule has 1 atom stereocenters. The number of hydrogen-bond donors (Lipinski definition) is 1. The molecule has 1 saturated heterocycles. The Bertz CT molecular complexity index is 455. The second kappa shape index (κ2) is 5.98. The van der Waals surface area contributed by atoms with Crippen molar-refractivity contribution in [2.24, 2.45) is 5.92 Å². The third-order valence-electron chi connectivity index (χ3n) is 5.17. The van der Waals surface area contributed by atoms with Crippen LogP contribution >= 0.6 is 0 Å². The topological polar surface area (TPSA) is 24.5 Å². The maximum absolute atomic E-state index is 6.15. The fraction of sp³-hybridized carbons (Fsp3) is 0.667. The molecule has 1 aromatic rings. The molecule has 1 N–H and O–H groups in total. The zero-order valence-corrected chi connectivity index (χ0v) is 12.8. The van der Waals surface area contributed by atoms with E-state index in [9.17, 15) is 0 Å². The molecule has 0 spiro atoms. The molecule has 1 unspecified atom stereocenters.